The molecule has 0 saturated heterocycles. The van der Waals surface area contributed by atoms with Crippen molar-refractivity contribution in [2.24, 2.45) is 0 Å². The first-order valence-corrected chi connectivity index (χ1v) is 3.62. The number of nitrogens with zero attached hydrogens (tertiary/aromatic N) is 3. The Bertz CT molecular complexity index is 288. The van der Waals surface area contributed by atoms with Gasteiger partial charge >= 0.3 is 18.9 Å². The summed E-state index contributed by atoms with van der Waals surface area (Å²) in [5, 5.41) is -4.95. The van der Waals surface area contributed by atoms with Crippen molar-refractivity contribution in [1.29, 1.82) is 0 Å². The van der Waals surface area contributed by atoms with Crippen LogP contribution in [0.2, 0.25) is 0 Å². The minimum absolute atomic E-state index is 0.388. The van der Waals surface area contributed by atoms with Crippen LogP contribution in [0.25, 0.3) is 0 Å². The molecule has 0 aromatic carbocycles. The first-order valence-electron chi connectivity index (χ1n) is 3.62. The Balaban J connectivity index is 3.12. The van der Waals surface area contributed by atoms with Gasteiger partial charge in [-0.2, -0.15) is 23.2 Å². The molecule has 3 nitrogen and oxygen atoms in total. The van der Waals surface area contributed by atoms with Crippen LogP contribution in [0.1, 0.15) is 0 Å². The van der Waals surface area contributed by atoms with E-state index in [4.69, 9.17) is 0 Å². The third-order valence-corrected chi connectivity index (χ3v) is 1.50. The lowest BCUT2D eigenvalue weighted by Gasteiger charge is -2.36. The van der Waals surface area contributed by atoms with Gasteiger partial charge in [-0.05, 0) is 5.12 Å². The van der Waals surface area contributed by atoms with E-state index < -0.39 is 34.0 Å². The number of hydrogen-bond acceptors (Lipinski definition) is 3. The van der Waals surface area contributed by atoms with Gasteiger partial charge in [0, 0.05) is 12.4 Å². The second-order valence-electron chi connectivity index (χ2n) is 2.68. The molecule has 0 aromatic rings. The molecule has 0 N–H and O–H groups in total. The summed E-state index contributed by atoms with van der Waals surface area (Å²) < 4.78 is 109. The van der Waals surface area contributed by atoms with Crippen molar-refractivity contribution in [1.82, 2.24) is 15.1 Å². The molecule has 0 aromatic heterocycles. The van der Waals surface area contributed by atoms with E-state index in [0.717, 1.165) is 0 Å². The molecule has 0 unspecified atom stereocenters. The average Bonchev–Trinajstić information content (AvgIpc) is 2.42. The minimum Gasteiger partial charge on any atom is -0.193 e. The maximum Gasteiger partial charge on any atom is 0.500 e. The SMILES string of the molecule is FC(F)(F)N1C=CN(C(F)(F)F)N1C(F)(F)F. The van der Waals surface area contributed by atoms with Gasteiger partial charge in [0.1, 0.15) is 0 Å². The van der Waals surface area contributed by atoms with Crippen LogP contribution in [0.4, 0.5) is 39.5 Å². The Labute approximate surface area is 87.2 Å². The van der Waals surface area contributed by atoms with E-state index in [1.165, 1.54) is 0 Å². The van der Waals surface area contributed by atoms with Gasteiger partial charge in [0.05, 0.1) is 0 Å². The molecule has 0 spiro atoms. The molecule has 1 heterocycles. The Morgan fingerprint density at radius 2 is 0.824 bits per heavy atom. The molecular weight excluding hydrogens is 273 g/mol. The number of hydrazine groups is 2. The van der Waals surface area contributed by atoms with Gasteiger partial charge in [0.25, 0.3) is 0 Å². The van der Waals surface area contributed by atoms with E-state index in [0.29, 0.717) is 0 Å². The summed E-state index contributed by atoms with van der Waals surface area (Å²) in [7, 11) is 0. The van der Waals surface area contributed by atoms with Gasteiger partial charge in [0.2, 0.25) is 0 Å². The number of alkyl halides is 9. The molecule has 1 aliphatic rings. The smallest absolute Gasteiger partial charge is 0.193 e. The fourth-order valence-corrected chi connectivity index (χ4v) is 0.985. The Hall–Kier alpha value is -1.33. The van der Waals surface area contributed by atoms with E-state index in [2.05, 4.69) is 0 Å². The Kier molecular flexibility index (Phi) is 2.89. The van der Waals surface area contributed by atoms with Gasteiger partial charge in [-0.25, -0.2) is 0 Å². The fraction of sp³-hybridized carbons (Fsp3) is 0.600. The number of hydrogen-bond donors (Lipinski definition) is 0. The first-order chi connectivity index (χ1) is 7.35. The van der Waals surface area contributed by atoms with Crippen molar-refractivity contribution in [3.05, 3.63) is 12.4 Å². The lowest BCUT2D eigenvalue weighted by Crippen LogP contribution is -2.60. The molecular formula is C5H2F9N3. The molecule has 12 heteroatoms. The lowest BCUT2D eigenvalue weighted by molar-refractivity contribution is -0.462. The first kappa shape index (κ1) is 13.7. The van der Waals surface area contributed by atoms with Crippen LogP contribution in [-0.4, -0.2) is 34.0 Å². The van der Waals surface area contributed by atoms with Crippen molar-refractivity contribution in [2.45, 2.75) is 18.9 Å². The Morgan fingerprint density at radius 1 is 0.529 bits per heavy atom. The summed E-state index contributed by atoms with van der Waals surface area (Å²) in [5.41, 5.74) is 0. The summed E-state index contributed by atoms with van der Waals surface area (Å²) in [6.07, 6.45) is -17.9. The van der Waals surface area contributed by atoms with Crippen LogP contribution >= 0.6 is 0 Å². The van der Waals surface area contributed by atoms with Crippen LogP contribution in [-0.2, 0) is 0 Å². The highest BCUT2D eigenvalue weighted by molar-refractivity contribution is 4.91. The molecule has 0 fully saturated rings. The zero-order chi connectivity index (χ0) is 13.6. The van der Waals surface area contributed by atoms with Gasteiger partial charge < -0.3 is 0 Å². The van der Waals surface area contributed by atoms with E-state index in [-0.39, 0.29) is 12.4 Å². The molecule has 0 saturated carbocycles. The van der Waals surface area contributed by atoms with Gasteiger partial charge in [-0.3, -0.25) is 0 Å². The van der Waals surface area contributed by atoms with E-state index in [1.807, 2.05) is 0 Å². The second kappa shape index (κ2) is 3.58. The highest BCUT2D eigenvalue weighted by Crippen LogP contribution is 2.40. The fourth-order valence-electron chi connectivity index (χ4n) is 0.985. The molecule has 0 amide bonds. The maximum atomic E-state index is 12.1. The predicted molar refractivity (Wildman–Crippen MR) is 32.8 cm³/mol. The standard InChI is InChI=1S/C5H2F9N3/c6-3(7,8)15-1-2-16(4(9,10)11)17(15)5(12,13)14/h1-2H. The average molecular weight is 275 g/mol. The van der Waals surface area contributed by atoms with Crippen molar-refractivity contribution >= 4 is 0 Å². The van der Waals surface area contributed by atoms with Gasteiger partial charge in [0.15, 0.2) is 0 Å². The van der Waals surface area contributed by atoms with Crippen LogP contribution in [0, 0.1) is 0 Å². The van der Waals surface area contributed by atoms with E-state index in [9.17, 15) is 39.5 Å². The third-order valence-electron chi connectivity index (χ3n) is 1.50. The van der Waals surface area contributed by atoms with Crippen molar-refractivity contribution in [3.8, 4) is 0 Å². The van der Waals surface area contributed by atoms with Crippen LogP contribution in [0.3, 0.4) is 0 Å². The zero-order valence-electron chi connectivity index (χ0n) is 7.40. The van der Waals surface area contributed by atoms with Crippen LogP contribution in [0.5, 0.6) is 0 Å². The molecule has 0 radical (unpaired) electrons. The van der Waals surface area contributed by atoms with Crippen LogP contribution < -0.4 is 0 Å². The summed E-state index contributed by atoms with van der Waals surface area (Å²) >= 11 is 0. The van der Waals surface area contributed by atoms with Crippen molar-refractivity contribution < 1.29 is 39.5 Å². The molecule has 100 valence electrons. The quantitative estimate of drug-likeness (QED) is 0.497. The van der Waals surface area contributed by atoms with Gasteiger partial charge in [-0.1, -0.05) is 0 Å². The summed E-state index contributed by atoms with van der Waals surface area (Å²) in [6, 6.07) is 0. The Morgan fingerprint density at radius 3 is 1.00 bits per heavy atom. The second-order valence-corrected chi connectivity index (χ2v) is 2.68. The van der Waals surface area contributed by atoms with Crippen LogP contribution in [0.15, 0.2) is 12.4 Å². The summed E-state index contributed by atoms with van der Waals surface area (Å²) in [5.74, 6) is 0. The molecule has 17 heavy (non-hydrogen) atoms. The van der Waals surface area contributed by atoms with Crippen molar-refractivity contribution in [2.75, 3.05) is 0 Å². The maximum absolute atomic E-state index is 12.1. The number of halogens is 9. The molecule has 0 aliphatic carbocycles. The zero-order valence-corrected chi connectivity index (χ0v) is 7.40. The van der Waals surface area contributed by atoms with Gasteiger partial charge in [-0.15, -0.1) is 26.3 Å². The predicted octanol–water partition coefficient (Wildman–Crippen LogP) is 2.77. The van der Waals surface area contributed by atoms with Crippen molar-refractivity contribution in [3.63, 3.8) is 0 Å². The molecule has 1 aliphatic heterocycles. The number of rotatable bonds is 0. The highest BCUT2D eigenvalue weighted by atomic mass is 19.4. The van der Waals surface area contributed by atoms with E-state index in [1.54, 1.807) is 0 Å². The van der Waals surface area contributed by atoms with E-state index >= 15 is 0 Å². The summed E-state index contributed by atoms with van der Waals surface area (Å²) in [6.45, 7) is 0. The summed E-state index contributed by atoms with van der Waals surface area (Å²) in [4.78, 5) is 0. The molecule has 0 bridgehead atoms. The highest BCUT2D eigenvalue weighted by Gasteiger charge is 2.60. The molecule has 0 atom stereocenters. The normalized spacial score (nSPS) is 19.4. The third kappa shape index (κ3) is 2.68. The lowest BCUT2D eigenvalue weighted by atomic mass is 10.8. The topological polar surface area (TPSA) is 9.72 Å². The minimum atomic E-state index is -5.88. The monoisotopic (exact) mass is 275 g/mol. The largest absolute Gasteiger partial charge is 0.500 e. The molecule has 1 rings (SSSR count).